The van der Waals surface area contributed by atoms with Crippen molar-refractivity contribution in [1.82, 2.24) is 4.98 Å². The molecule has 0 atom stereocenters. The third-order valence-corrected chi connectivity index (χ3v) is 2.77. The van der Waals surface area contributed by atoms with E-state index in [9.17, 15) is 0 Å². The van der Waals surface area contributed by atoms with Crippen molar-refractivity contribution < 1.29 is 0 Å². The van der Waals surface area contributed by atoms with Crippen molar-refractivity contribution in [2.75, 3.05) is 17.6 Å². The van der Waals surface area contributed by atoms with Crippen LogP contribution < -0.4 is 5.32 Å². The third kappa shape index (κ3) is 1.44. The number of pyridine rings is 1. The molecule has 0 unspecified atom stereocenters. The van der Waals surface area contributed by atoms with Gasteiger partial charge in [0.15, 0.2) is 0 Å². The number of aromatic nitrogens is 1. The van der Waals surface area contributed by atoms with Gasteiger partial charge in [0.05, 0.1) is 11.9 Å². The van der Waals surface area contributed by atoms with Gasteiger partial charge < -0.3 is 5.32 Å². The maximum Gasteiger partial charge on any atom is 0.130 e. The van der Waals surface area contributed by atoms with Crippen molar-refractivity contribution in [2.24, 2.45) is 0 Å². The Bertz CT molecular complexity index is 277. The van der Waals surface area contributed by atoms with Gasteiger partial charge in [-0.25, -0.2) is 4.98 Å². The molecule has 1 aromatic heterocycles. The van der Waals surface area contributed by atoms with Gasteiger partial charge in [-0.3, -0.25) is 0 Å². The summed E-state index contributed by atoms with van der Waals surface area (Å²) >= 11 is 7.54. The van der Waals surface area contributed by atoms with E-state index in [1.54, 1.807) is 6.20 Å². The number of nitrogens with one attached hydrogen (secondary N) is 1. The highest BCUT2D eigenvalue weighted by Crippen LogP contribution is 2.31. The number of nitrogens with zero attached hydrogens (tertiary/aromatic N) is 1. The smallest absolute Gasteiger partial charge is 0.130 e. The van der Waals surface area contributed by atoms with Gasteiger partial charge >= 0.3 is 0 Å². The molecule has 0 saturated heterocycles. The standard InChI is InChI=1S/C7H7ClN2S/c8-7-3-6-5(4-10-7)9-1-2-11-6/h3-4,9H,1-2H2. The quantitative estimate of drug-likeness (QED) is 0.630. The molecular formula is C7H7ClN2S. The highest BCUT2D eigenvalue weighted by atomic mass is 35.5. The van der Waals surface area contributed by atoms with E-state index >= 15 is 0 Å². The number of halogens is 1. The second-order valence-corrected chi connectivity index (χ2v) is 3.80. The van der Waals surface area contributed by atoms with Crippen LogP contribution in [0, 0.1) is 0 Å². The van der Waals surface area contributed by atoms with Crippen LogP contribution in [0.1, 0.15) is 0 Å². The van der Waals surface area contributed by atoms with Gasteiger partial charge in [0.1, 0.15) is 5.15 Å². The van der Waals surface area contributed by atoms with Gasteiger partial charge in [0.2, 0.25) is 0 Å². The second-order valence-electron chi connectivity index (χ2n) is 2.28. The van der Waals surface area contributed by atoms with E-state index in [-0.39, 0.29) is 0 Å². The molecule has 0 bridgehead atoms. The Morgan fingerprint density at radius 3 is 3.45 bits per heavy atom. The molecule has 0 aliphatic carbocycles. The molecule has 58 valence electrons. The largest absolute Gasteiger partial charge is 0.382 e. The number of hydrogen-bond acceptors (Lipinski definition) is 3. The molecule has 1 N–H and O–H groups in total. The summed E-state index contributed by atoms with van der Waals surface area (Å²) in [5, 5.41) is 3.82. The number of rotatable bonds is 0. The van der Waals surface area contributed by atoms with Crippen molar-refractivity contribution in [3.05, 3.63) is 17.4 Å². The van der Waals surface area contributed by atoms with E-state index in [2.05, 4.69) is 10.3 Å². The Morgan fingerprint density at radius 1 is 1.64 bits per heavy atom. The zero-order valence-electron chi connectivity index (χ0n) is 5.80. The first-order valence-electron chi connectivity index (χ1n) is 3.38. The van der Waals surface area contributed by atoms with Gasteiger partial charge in [-0.1, -0.05) is 11.6 Å². The molecule has 2 heterocycles. The lowest BCUT2D eigenvalue weighted by molar-refractivity contribution is 1.14. The molecule has 0 aromatic carbocycles. The van der Waals surface area contributed by atoms with Gasteiger partial charge in [-0.2, -0.15) is 0 Å². The van der Waals surface area contributed by atoms with Crippen LogP contribution in [0.5, 0.6) is 0 Å². The average molecular weight is 187 g/mol. The van der Waals surface area contributed by atoms with E-state index in [4.69, 9.17) is 11.6 Å². The highest BCUT2D eigenvalue weighted by molar-refractivity contribution is 7.99. The van der Waals surface area contributed by atoms with Gasteiger partial charge in [-0.05, 0) is 6.07 Å². The zero-order chi connectivity index (χ0) is 7.68. The molecular weight excluding hydrogens is 180 g/mol. The van der Waals surface area contributed by atoms with Gasteiger partial charge in [-0.15, -0.1) is 11.8 Å². The van der Waals surface area contributed by atoms with Crippen molar-refractivity contribution in [1.29, 1.82) is 0 Å². The summed E-state index contributed by atoms with van der Waals surface area (Å²) in [6, 6.07) is 1.90. The summed E-state index contributed by atoms with van der Waals surface area (Å²) in [6.07, 6.45) is 1.78. The Hall–Kier alpha value is -0.410. The topological polar surface area (TPSA) is 24.9 Å². The van der Waals surface area contributed by atoms with Crippen LogP contribution in [-0.2, 0) is 0 Å². The highest BCUT2D eigenvalue weighted by Gasteiger charge is 2.08. The van der Waals surface area contributed by atoms with Crippen LogP contribution in [0.2, 0.25) is 5.15 Å². The lowest BCUT2D eigenvalue weighted by atomic mass is 10.4. The summed E-state index contributed by atoms with van der Waals surface area (Å²) in [7, 11) is 0. The molecule has 0 radical (unpaired) electrons. The predicted octanol–water partition coefficient (Wildman–Crippen LogP) is 2.25. The average Bonchev–Trinajstić information content (AvgIpc) is 2.04. The molecule has 1 aliphatic rings. The molecule has 1 aromatic rings. The fourth-order valence-electron chi connectivity index (χ4n) is 1.01. The molecule has 1 aliphatic heterocycles. The van der Waals surface area contributed by atoms with Crippen LogP contribution in [0.4, 0.5) is 5.69 Å². The van der Waals surface area contributed by atoms with Crippen molar-refractivity contribution in [2.45, 2.75) is 4.90 Å². The first kappa shape index (κ1) is 7.25. The summed E-state index contributed by atoms with van der Waals surface area (Å²) in [6.45, 7) is 1.01. The lowest BCUT2D eigenvalue weighted by Crippen LogP contribution is -2.10. The molecule has 0 fully saturated rings. The van der Waals surface area contributed by atoms with E-state index in [1.165, 1.54) is 4.90 Å². The second kappa shape index (κ2) is 2.91. The molecule has 0 spiro atoms. The minimum atomic E-state index is 0.569. The molecule has 4 heteroatoms. The van der Waals surface area contributed by atoms with E-state index in [0.717, 1.165) is 18.0 Å². The lowest BCUT2D eigenvalue weighted by Gasteiger charge is -2.16. The van der Waals surface area contributed by atoms with Gasteiger partial charge in [0.25, 0.3) is 0 Å². The van der Waals surface area contributed by atoms with E-state index < -0.39 is 0 Å². The van der Waals surface area contributed by atoms with Crippen LogP contribution in [-0.4, -0.2) is 17.3 Å². The molecule has 0 amide bonds. The molecule has 0 saturated carbocycles. The maximum atomic E-state index is 5.72. The third-order valence-electron chi connectivity index (χ3n) is 1.51. The Morgan fingerprint density at radius 2 is 2.55 bits per heavy atom. The number of thioether (sulfide) groups is 1. The minimum Gasteiger partial charge on any atom is -0.382 e. The fraction of sp³-hybridized carbons (Fsp3) is 0.286. The van der Waals surface area contributed by atoms with Crippen LogP contribution in [0.15, 0.2) is 17.2 Å². The van der Waals surface area contributed by atoms with Crippen molar-refractivity contribution >= 4 is 29.1 Å². The van der Waals surface area contributed by atoms with Crippen molar-refractivity contribution in [3.8, 4) is 0 Å². The summed E-state index contributed by atoms with van der Waals surface area (Å²) in [4.78, 5) is 5.19. The van der Waals surface area contributed by atoms with E-state index in [0.29, 0.717) is 5.15 Å². The fourth-order valence-corrected chi connectivity index (χ4v) is 2.13. The summed E-state index contributed by atoms with van der Waals surface area (Å²) in [5.74, 6) is 1.10. The molecule has 11 heavy (non-hydrogen) atoms. The number of hydrogen-bond donors (Lipinski definition) is 1. The summed E-state index contributed by atoms with van der Waals surface area (Å²) in [5.41, 5.74) is 1.10. The number of fused-ring (bicyclic) bond motifs is 1. The van der Waals surface area contributed by atoms with E-state index in [1.807, 2.05) is 17.8 Å². The van der Waals surface area contributed by atoms with Crippen LogP contribution in [0.3, 0.4) is 0 Å². The number of anilines is 1. The monoisotopic (exact) mass is 186 g/mol. The molecule has 2 nitrogen and oxygen atoms in total. The minimum absolute atomic E-state index is 0.569. The predicted molar refractivity (Wildman–Crippen MR) is 48.5 cm³/mol. The zero-order valence-corrected chi connectivity index (χ0v) is 7.37. The SMILES string of the molecule is Clc1cc2c(cn1)NCCS2. The Balaban J connectivity index is 2.43. The van der Waals surface area contributed by atoms with Crippen LogP contribution >= 0.6 is 23.4 Å². The summed E-state index contributed by atoms with van der Waals surface area (Å²) < 4.78 is 0. The maximum absolute atomic E-state index is 5.72. The first-order chi connectivity index (χ1) is 5.36. The first-order valence-corrected chi connectivity index (χ1v) is 4.75. The normalized spacial score (nSPS) is 15.4. The van der Waals surface area contributed by atoms with Crippen molar-refractivity contribution in [3.63, 3.8) is 0 Å². The Labute approximate surface area is 74.4 Å². The van der Waals surface area contributed by atoms with Gasteiger partial charge in [0, 0.05) is 17.2 Å². The molecule has 2 rings (SSSR count). The van der Waals surface area contributed by atoms with Crippen LogP contribution in [0.25, 0.3) is 0 Å². The Kier molecular flexibility index (Phi) is 1.92.